The highest BCUT2D eigenvalue weighted by Gasteiger charge is 2.27. The van der Waals surface area contributed by atoms with Crippen molar-refractivity contribution in [2.24, 2.45) is 5.92 Å². The molecule has 1 unspecified atom stereocenters. The largest absolute Gasteiger partial charge is 0.444 e. The third kappa shape index (κ3) is 4.84. The van der Waals surface area contributed by atoms with Crippen LogP contribution in [0.2, 0.25) is 0 Å². The molecule has 0 N–H and O–H groups in total. The first-order valence-corrected chi connectivity index (χ1v) is 5.54. The van der Waals surface area contributed by atoms with Gasteiger partial charge in [0.25, 0.3) is 0 Å². The normalized spacial score (nSPS) is 20.2. The average Bonchev–Trinajstić information content (AvgIpc) is 2.14. The SMILES string of the molecule is CC(C)(C)OC(=O)N1CC=CC(C[N+](=O)[O-])C1. The van der Waals surface area contributed by atoms with Crippen molar-refractivity contribution in [1.29, 1.82) is 0 Å². The molecule has 1 rings (SSSR count). The zero-order chi connectivity index (χ0) is 13.1. The van der Waals surface area contributed by atoms with Crippen LogP contribution in [0, 0.1) is 16.0 Å². The van der Waals surface area contributed by atoms with Crippen molar-refractivity contribution in [3.63, 3.8) is 0 Å². The Labute approximate surface area is 100 Å². The molecule has 1 atom stereocenters. The number of hydrogen-bond donors (Lipinski definition) is 0. The average molecular weight is 242 g/mol. The highest BCUT2D eigenvalue weighted by molar-refractivity contribution is 5.68. The van der Waals surface area contributed by atoms with E-state index in [1.165, 1.54) is 4.90 Å². The van der Waals surface area contributed by atoms with Crippen molar-refractivity contribution in [3.8, 4) is 0 Å². The van der Waals surface area contributed by atoms with E-state index in [9.17, 15) is 14.9 Å². The molecule has 0 aromatic carbocycles. The van der Waals surface area contributed by atoms with Crippen LogP contribution in [-0.4, -0.2) is 41.2 Å². The van der Waals surface area contributed by atoms with Crippen molar-refractivity contribution < 1.29 is 14.5 Å². The van der Waals surface area contributed by atoms with Crippen LogP contribution in [0.1, 0.15) is 20.8 Å². The molecule has 0 aliphatic carbocycles. The van der Waals surface area contributed by atoms with Crippen molar-refractivity contribution >= 4 is 6.09 Å². The van der Waals surface area contributed by atoms with Crippen LogP contribution in [0.5, 0.6) is 0 Å². The molecule has 0 spiro atoms. The summed E-state index contributed by atoms with van der Waals surface area (Å²) in [5.41, 5.74) is -0.545. The Morgan fingerprint density at radius 2 is 2.24 bits per heavy atom. The topological polar surface area (TPSA) is 72.7 Å². The fraction of sp³-hybridized carbons (Fsp3) is 0.727. The molecular weight excluding hydrogens is 224 g/mol. The molecule has 0 saturated heterocycles. The summed E-state index contributed by atoms with van der Waals surface area (Å²) in [5, 5.41) is 10.4. The monoisotopic (exact) mass is 242 g/mol. The van der Waals surface area contributed by atoms with Gasteiger partial charge in [-0.1, -0.05) is 12.2 Å². The molecule has 0 saturated carbocycles. The van der Waals surface area contributed by atoms with E-state index >= 15 is 0 Å². The molecule has 1 aliphatic rings. The lowest BCUT2D eigenvalue weighted by Gasteiger charge is -2.30. The van der Waals surface area contributed by atoms with Crippen molar-refractivity contribution in [2.45, 2.75) is 26.4 Å². The highest BCUT2D eigenvalue weighted by Crippen LogP contribution is 2.14. The summed E-state index contributed by atoms with van der Waals surface area (Å²) in [6.07, 6.45) is 3.13. The van der Waals surface area contributed by atoms with E-state index in [1.54, 1.807) is 32.9 Å². The first-order chi connectivity index (χ1) is 7.78. The Kier molecular flexibility index (Phi) is 4.09. The highest BCUT2D eigenvalue weighted by atomic mass is 16.6. The zero-order valence-electron chi connectivity index (χ0n) is 10.4. The van der Waals surface area contributed by atoms with Crippen LogP contribution in [-0.2, 0) is 4.74 Å². The number of carbonyl (C=O) groups is 1. The summed E-state index contributed by atoms with van der Waals surface area (Å²) in [7, 11) is 0. The van der Waals surface area contributed by atoms with E-state index in [2.05, 4.69) is 0 Å². The number of amides is 1. The standard InChI is InChI=1S/C11H18N2O4/c1-11(2,3)17-10(14)12-6-4-5-9(7-12)8-13(15)16/h4-5,9H,6-8H2,1-3H3. The van der Waals surface area contributed by atoms with Gasteiger partial charge in [0.15, 0.2) is 0 Å². The summed E-state index contributed by atoms with van der Waals surface area (Å²) in [4.78, 5) is 23.3. The maximum absolute atomic E-state index is 11.7. The quantitative estimate of drug-likeness (QED) is 0.419. The molecule has 0 aromatic heterocycles. The number of hydrogen-bond acceptors (Lipinski definition) is 4. The molecular formula is C11H18N2O4. The van der Waals surface area contributed by atoms with Crippen LogP contribution >= 0.6 is 0 Å². The molecule has 6 heteroatoms. The second-order valence-corrected chi connectivity index (χ2v) is 5.09. The van der Waals surface area contributed by atoms with E-state index < -0.39 is 11.7 Å². The Morgan fingerprint density at radius 1 is 1.59 bits per heavy atom. The Hall–Kier alpha value is -1.59. The van der Waals surface area contributed by atoms with E-state index in [0.29, 0.717) is 13.1 Å². The second-order valence-electron chi connectivity index (χ2n) is 5.09. The molecule has 6 nitrogen and oxygen atoms in total. The number of nitro groups is 1. The van der Waals surface area contributed by atoms with Gasteiger partial charge >= 0.3 is 6.09 Å². The van der Waals surface area contributed by atoms with Gasteiger partial charge in [0, 0.05) is 18.0 Å². The molecule has 1 heterocycles. The van der Waals surface area contributed by atoms with E-state index in [-0.39, 0.29) is 17.4 Å². The van der Waals surface area contributed by atoms with Gasteiger partial charge < -0.3 is 9.64 Å². The van der Waals surface area contributed by atoms with Crippen LogP contribution < -0.4 is 0 Å². The van der Waals surface area contributed by atoms with Crippen LogP contribution in [0.15, 0.2) is 12.2 Å². The van der Waals surface area contributed by atoms with Crippen LogP contribution in [0.3, 0.4) is 0 Å². The lowest BCUT2D eigenvalue weighted by Crippen LogP contribution is -2.42. The molecule has 0 aromatic rings. The predicted molar refractivity (Wildman–Crippen MR) is 62.3 cm³/mol. The van der Waals surface area contributed by atoms with E-state index in [4.69, 9.17) is 4.74 Å². The molecule has 1 amide bonds. The summed E-state index contributed by atoms with van der Waals surface area (Å²) < 4.78 is 5.21. The number of nitrogens with zero attached hydrogens (tertiary/aromatic N) is 2. The molecule has 0 fully saturated rings. The third-order valence-corrected chi connectivity index (χ3v) is 2.22. The number of ether oxygens (including phenoxy) is 1. The lowest BCUT2D eigenvalue weighted by atomic mass is 10.1. The maximum atomic E-state index is 11.7. The van der Waals surface area contributed by atoms with Gasteiger partial charge in [-0.15, -0.1) is 0 Å². The lowest BCUT2D eigenvalue weighted by molar-refractivity contribution is -0.486. The Balaban J connectivity index is 2.54. The zero-order valence-corrected chi connectivity index (χ0v) is 10.4. The summed E-state index contributed by atoms with van der Waals surface area (Å²) >= 11 is 0. The van der Waals surface area contributed by atoms with Gasteiger partial charge in [-0.2, -0.15) is 0 Å². The maximum Gasteiger partial charge on any atom is 0.410 e. The number of carbonyl (C=O) groups excluding carboxylic acids is 1. The first-order valence-electron chi connectivity index (χ1n) is 5.54. The minimum atomic E-state index is -0.545. The fourth-order valence-electron chi connectivity index (χ4n) is 1.58. The van der Waals surface area contributed by atoms with Crippen LogP contribution in [0.4, 0.5) is 4.79 Å². The van der Waals surface area contributed by atoms with Gasteiger partial charge in [-0.3, -0.25) is 10.1 Å². The Morgan fingerprint density at radius 3 is 2.76 bits per heavy atom. The fourth-order valence-corrected chi connectivity index (χ4v) is 1.58. The second kappa shape index (κ2) is 5.16. The van der Waals surface area contributed by atoms with Gasteiger partial charge in [0.1, 0.15) is 5.60 Å². The molecule has 0 radical (unpaired) electrons. The third-order valence-electron chi connectivity index (χ3n) is 2.22. The summed E-state index contributed by atoms with van der Waals surface area (Å²) in [5.74, 6) is -0.230. The molecule has 0 bridgehead atoms. The van der Waals surface area contributed by atoms with Gasteiger partial charge in [-0.05, 0) is 20.8 Å². The van der Waals surface area contributed by atoms with Crippen LogP contribution in [0.25, 0.3) is 0 Å². The van der Waals surface area contributed by atoms with Gasteiger partial charge in [-0.25, -0.2) is 4.79 Å². The summed E-state index contributed by atoms with van der Waals surface area (Å²) in [6, 6.07) is 0. The minimum absolute atomic E-state index is 0.157. The van der Waals surface area contributed by atoms with E-state index in [1.807, 2.05) is 0 Å². The molecule has 17 heavy (non-hydrogen) atoms. The number of rotatable bonds is 2. The van der Waals surface area contributed by atoms with E-state index in [0.717, 1.165) is 0 Å². The predicted octanol–water partition coefficient (Wildman–Crippen LogP) is 1.69. The van der Waals surface area contributed by atoms with Crippen molar-refractivity contribution in [1.82, 2.24) is 4.90 Å². The first kappa shape index (κ1) is 13.5. The van der Waals surface area contributed by atoms with Crippen molar-refractivity contribution in [2.75, 3.05) is 19.6 Å². The molecule has 1 aliphatic heterocycles. The van der Waals surface area contributed by atoms with Gasteiger partial charge in [0.05, 0.1) is 5.92 Å². The van der Waals surface area contributed by atoms with Gasteiger partial charge in [0.2, 0.25) is 6.54 Å². The Bertz CT molecular complexity index is 333. The smallest absolute Gasteiger partial charge is 0.410 e. The van der Waals surface area contributed by atoms with Crippen molar-refractivity contribution in [3.05, 3.63) is 22.3 Å². The molecule has 96 valence electrons. The summed E-state index contributed by atoms with van der Waals surface area (Å²) in [6.45, 7) is 6.00. The minimum Gasteiger partial charge on any atom is -0.444 e.